The van der Waals surface area contributed by atoms with Crippen LogP contribution in [0.5, 0.6) is 5.88 Å². The number of pyridine rings is 1. The number of hydrogen-bond acceptors (Lipinski definition) is 4. The Labute approximate surface area is 149 Å². The highest BCUT2D eigenvalue weighted by Gasteiger charge is 2.30. The highest BCUT2D eigenvalue weighted by molar-refractivity contribution is 5.94. The number of hydrogen-bond donors (Lipinski definition) is 0. The van der Waals surface area contributed by atoms with E-state index in [4.69, 9.17) is 4.74 Å². The number of carbonyl (C=O) groups is 1. The summed E-state index contributed by atoms with van der Waals surface area (Å²) in [5.41, 5.74) is 1.84. The summed E-state index contributed by atoms with van der Waals surface area (Å²) >= 11 is 0. The van der Waals surface area contributed by atoms with Gasteiger partial charge in [-0.25, -0.2) is 4.98 Å². The minimum atomic E-state index is 0.0409. The van der Waals surface area contributed by atoms with E-state index in [9.17, 15) is 4.79 Å². The van der Waals surface area contributed by atoms with Gasteiger partial charge in [-0.1, -0.05) is 6.92 Å². The first-order valence-electron chi connectivity index (χ1n) is 8.79. The summed E-state index contributed by atoms with van der Waals surface area (Å²) in [4.78, 5) is 21.3. The number of nitrogens with zero attached hydrogens (tertiary/aromatic N) is 4. The van der Waals surface area contributed by atoms with Gasteiger partial charge in [0.2, 0.25) is 5.88 Å². The molecule has 0 aliphatic carbocycles. The molecule has 6 nitrogen and oxygen atoms in total. The normalized spacial score (nSPS) is 16.8. The fourth-order valence-electron chi connectivity index (χ4n) is 3.26. The second-order valence-electron chi connectivity index (χ2n) is 6.58. The maximum Gasteiger partial charge on any atom is 0.254 e. The highest BCUT2D eigenvalue weighted by Crippen LogP contribution is 2.30. The maximum atomic E-state index is 13.1. The Bertz CT molecular complexity index is 726. The average molecular weight is 342 g/mol. The van der Waals surface area contributed by atoms with E-state index in [1.807, 2.05) is 23.9 Å². The highest BCUT2D eigenvalue weighted by atomic mass is 16.5. The zero-order valence-electron chi connectivity index (χ0n) is 15.2. The molecule has 0 fully saturated rings. The van der Waals surface area contributed by atoms with Crippen LogP contribution in [0.2, 0.25) is 0 Å². The molecular formula is C19H26N4O2. The van der Waals surface area contributed by atoms with Crippen molar-refractivity contribution >= 4 is 5.91 Å². The van der Waals surface area contributed by atoms with Gasteiger partial charge < -0.3 is 19.1 Å². The number of ether oxygens (including phenoxy) is 1. The zero-order chi connectivity index (χ0) is 17.8. The van der Waals surface area contributed by atoms with Gasteiger partial charge in [-0.3, -0.25) is 4.79 Å². The molecule has 3 rings (SSSR count). The fraction of sp³-hybridized carbons (Fsp3) is 0.474. The number of amides is 1. The Hall–Kier alpha value is -2.34. The van der Waals surface area contributed by atoms with Crippen LogP contribution in [0.4, 0.5) is 0 Å². The van der Waals surface area contributed by atoms with Crippen molar-refractivity contribution in [2.24, 2.45) is 0 Å². The monoisotopic (exact) mass is 342 g/mol. The zero-order valence-corrected chi connectivity index (χ0v) is 15.2. The van der Waals surface area contributed by atoms with Crippen LogP contribution in [0, 0.1) is 0 Å². The molecule has 0 spiro atoms. The lowest BCUT2D eigenvalue weighted by atomic mass is 10.1. The van der Waals surface area contributed by atoms with Crippen LogP contribution in [-0.2, 0) is 6.54 Å². The van der Waals surface area contributed by atoms with Gasteiger partial charge in [-0.05, 0) is 38.7 Å². The number of aromatic nitrogens is 2. The van der Waals surface area contributed by atoms with Crippen LogP contribution >= 0.6 is 0 Å². The number of rotatable bonds is 6. The third-order valence-electron chi connectivity index (χ3n) is 4.58. The van der Waals surface area contributed by atoms with Crippen molar-refractivity contribution in [2.75, 3.05) is 33.8 Å². The molecule has 1 unspecified atom stereocenters. The van der Waals surface area contributed by atoms with E-state index in [0.29, 0.717) is 18.1 Å². The molecule has 2 aromatic rings. The Morgan fingerprint density at radius 2 is 2.20 bits per heavy atom. The molecular weight excluding hydrogens is 316 g/mol. The molecule has 1 aliphatic heterocycles. The number of fused-ring (bicyclic) bond motifs is 1. The molecule has 6 heteroatoms. The lowest BCUT2D eigenvalue weighted by molar-refractivity contribution is 0.0617. The summed E-state index contributed by atoms with van der Waals surface area (Å²) in [5.74, 6) is 0.542. The van der Waals surface area contributed by atoms with Crippen LogP contribution in [-0.4, -0.2) is 59.0 Å². The predicted molar refractivity (Wildman–Crippen MR) is 96.8 cm³/mol. The topological polar surface area (TPSA) is 50.6 Å². The van der Waals surface area contributed by atoms with E-state index < -0.39 is 0 Å². The first-order valence-corrected chi connectivity index (χ1v) is 8.79. The number of carbonyl (C=O) groups excluding carboxylic acids is 1. The van der Waals surface area contributed by atoms with Gasteiger partial charge in [0, 0.05) is 49.4 Å². The molecule has 25 heavy (non-hydrogen) atoms. The molecule has 1 amide bonds. The molecule has 134 valence electrons. The summed E-state index contributed by atoms with van der Waals surface area (Å²) in [6.07, 6.45) is 4.63. The van der Waals surface area contributed by atoms with E-state index in [0.717, 1.165) is 26.1 Å². The van der Waals surface area contributed by atoms with E-state index in [1.54, 1.807) is 18.3 Å². The van der Waals surface area contributed by atoms with Gasteiger partial charge in [-0.2, -0.15) is 0 Å². The Kier molecular flexibility index (Phi) is 5.38. The third-order valence-corrected chi connectivity index (χ3v) is 4.58. The van der Waals surface area contributed by atoms with Crippen molar-refractivity contribution in [3.63, 3.8) is 0 Å². The molecule has 0 radical (unpaired) electrons. The first-order chi connectivity index (χ1) is 12.1. The summed E-state index contributed by atoms with van der Waals surface area (Å²) in [7, 11) is 3.99. The average Bonchev–Trinajstić information content (AvgIpc) is 3.09. The van der Waals surface area contributed by atoms with Crippen LogP contribution in [0.3, 0.4) is 0 Å². The smallest absolute Gasteiger partial charge is 0.254 e. The van der Waals surface area contributed by atoms with Crippen molar-refractivity contribution in [2.45, 2.75) is 25.9 Å². The van der Waals surface area contributed by atoms with Crippen LogP contribution in [0.25, 0.3) is 0 Å². The molecule has 1 atom stereocenters. The van der Waals surface area contributed by atoms with E-state index >= 15 is 0 Å². The SMILES string of the molecule is CCC1c2cccn2CCN1C(=O)c1ccnc(OCCN(C)C)c1. The van der Waals surface area contributed by atoms with E-state index in [2.05, 4.69) is 34.8 Å². The van der Waals surface area contributed by atoms with Crippen molar-refractivity contribution in [1.82, 2.24) is 19.4 Å². The van der Waals surface area contributed by atoms with Crippen molar-refractivity contribution in [3.05, 3.63) is 47.9 Å². The molecule has 0 aromatic carbocycles. The van der Waals surface area contributed by atoms with Crippen molar-refractivity contribution in [3.8, 4) is 5.88 Å². The standard InChI is InChI=1S/C19H26N4O2/c1-4-16-17-6-5-9-22(17)10-11-23(16)19(24)15-7-8-20-18(14-15)25-13-12-21(2)3/h5-9,14,16H,4,10-13H2,1-3H3. The largest absolute Gasteiger partial charge is 0.476 e. The molecule has 0 N–H and O–H groups in total. The lowest BCUT2D eigenvalue weighted by Gasteiger charge is -2.36. The molecule has 0 saturated carbocycles. The quantitative estimate of drug-likeness (QED) is 0.809. The maximum absolute atomic E-state index is 13.1. The molecule has 3 heterocycles. The second-order valence-corrected chi connectivity index (χ2v) is 6.58. The van der Waals surface area contributed by atoms with Crippen LogP contribution in [0.1, 0.15) is 35.4 Å². The van der Waals surface area contributed by atoms with E-state index in [1.165, 1.54) is 5.69 Å². The van der Waals surface area contributed by atoms with E-state index in [-0.39, 0.29) is 11.9 Å². The van der Waals surface area contributed by atoms with Crippen LogP contribution in [0.15, 0.2) is 36.7 Å². The second kappa shape index (κ2) is 7.70. The van der Waals surface area contributed by atoms with Gasteiger partial charge in [0.05, 0.1) is 6.04 Å². The summed E-state index contributed by atoms with van der Waals surface area (Å²) < 4.78 is 7.90. The molecule has 0 saturated heterocycles. The fourth-order valence-corrected chi connectivity index (χ4v) is 3.26. The first kappa shape index (κ1) is 17.5. The predicted octanol–water partition coefficient (Wildman–Crippen LogP) is 2.43. The molecule has 1 aliphatic rings. The lowest BCUT2D eigenvalue weighted by Crippen LogP contribution is -2.41. The Morgan fingerprint density at radius 1 is 1.36 bits per heavy atom. The van der Waals surface area contributed by atoms with Crippen molar-refractivity contribution < 1.29 is 9.53 Å². The van der Waals surface area contributed by atoms with Gasteiger partial charge >= 0.3 is 0 Å². The minimum absolute atomic E-state index is 0.0409. The van der Waals surface area contributed by atoms with Gasteiger partial charge in [0.1, 0.15) is 6.61 Å². The Morgan fingerprint density at radius 3 is 2.96 bits per heavy atom. The Balaban J connectivity index is 1.74. The van der Waals surface area contributed by atoms with Gasteiger partial charge in [0.15, 0.2) is 0 Å². The molecule has 0 bridgehead atoms. The minimum Gasteiger partial charge on any atom is -0.476 e. The van der Waals surface area contributed by atoms with Gasteiger partial charge in [-0.15, -0.1) is 0 Å². The summed E-state index contributed by atoms with van der Waals surface area (Å²) in [6, 6.07) is 7.78. The third kappa shape index (κ3) is 3.85. The number of likely N-dealkylation sites (N-methyl/N-ethyl adjacent to an activating group) is 1. The van der Waals surface area contributed by atoms with Gasteiger partial charge in [0.25, 0.3) is 5.91 Å². The summed E-state index contributed by atoms with van der Waals surface area (Å²) in [5, 5.41) is 0. The van der Waals surface area contributed by atoms with Crippen molar-refractivity contribution in [1.29, 1.82) is 0 Å². The summed E-state index contributed by atoms with van der Waals surface area (Å²) in [6.45, 7) is 5.03. The van der Waals surface area contributed by atoms with Crippen LogP contribution < -0.4 is 4.74 Å². The molecule has 2 aromatic heterocycles.